The van der Waals surface area contributed by atoms with Crippen molar-refractivity contribution in [1.82, 2.24) is 14.5 Å². The third-order valence-corrected chi connectivity index (χ3v) is 6.73. The molecule has 1 aromatic heterocycles. The van der Waals surface area contributed by atoms with Gasteiger partial charge in [0.25, 0.3) is 0 Å². The Labute approximate surface area is 161 Å². The Morgan fingerprint density at radius 1 is 1.26 bits per heavy atom. The monoisotopic (exact) mass is 389 g/mol. The van der Waals surface area contributed by atoms with Gasteiger partial charge in [-0.15, -0.1) is 0 Å². The summed E-state index contributed by atoms with van der Waals surface area (Å²) in [5.41, 5.74) is 2.74. The zero-order valence-electron chi connectivity index (χ0n) is 16.2. The number of sulfone groups is 1. The number of rotatable bonds is 5. The third kappa shape index (κ3) is 4.08. The summed E-state index contributed by atoms with van der Waals surface area (Å²) in [5.74, 6) is -0.858. The van der Waals surface area contributed by atoms with Crippen molar-refractivity contribution in [3.05, 3.63) is 41.7 Å². The highest BCUT2D eigenvalue weighted by atomic mass is 32.2. The van der Waals surface area contributed by atoms with Crippen LogP contribution in [0.15, 0.2) is 35.7 Å². The number of piperidine rings is 1. The molecule has 1 aliphatic rings. The van der Waals surface area contributed by atoms with Gasteiger partial charge in [-0.05, 0) is 56.7 Å². The molecule has 0 aliphatic carbocycles. The first-order chi connectivity index (χ1) is 12.8. The molecule has 3 rings (SSSR count). The minimum atomic E-state index is -3.84. The van der Waals surface area contributed by atoms with E-state index in [-0.39, 0.29) is 17.1 Å². The summed E-state index contributed by atoms with van der Waals surface area (Å²) in [5, 5.41) is -0.0744. The predicted octanol–water partition coefficient (Wildman–Crippen LogP) is 3.05. The maximum Gasteiger partial charge on any atom is 0.238 e. The number of amides is 1. The molecule has 0 bridgehead atoms. The fourth-order valence-corrected chi connectivity index (χ4v) is 5.05. The van der Waals surface area contributed by atoms with Crippen LogP contribution >= 0.6 is 0 Å². The number of likely N-dealkylation sites (tertiary alicyclic amines) is 1. The second-order valence-corrected chi connectivity index (χ2v) is 9.16. The molecule has 6 nitrogen and oxygen atoms in total. The average Bonchev–Trinajstić information content (AvgIpc) is 3.14. The Kier molecular flexibility index (Phi) is 5.69. The van der Waals surface area contributed by atoms with E-state index >= 15 is 0 Å². The summed E-state index contributed by atoms with van der Waals surface area (Å²) in [7, 11) is -3.84. The molecule has 146 valence electrons. The quantitative estimate of drug-likeness (QED) is 0.788. The van der Waals surface area contributed by atoms with Gasteiger partial charge in [0.15, 0.2) is 0 Å². The second kappa shape index (κ2) is 7.84. The van der Waals surface area contributed by atoms with Gasteiger partial charge in [0.2, 0.25) is 20.9 Å². The Balaban J connectivity index is 1.89. The van der Waals surface area contributed by atoms with Crippen LogP contribution < -0.4 is 0 Å². The summed E-state index contributed by atoms with van der Waals surface area (Å²) < 4.78 is 27.6. The lowest BCUT2D eigenvalue weighted by atomic mass is 10.0. The van der Waals surface area contributed by atoms with Crippen LogP contribution in [0.25, 0.3) is 5.69 Å². The first-order valence-corrected chi connectivity index (χ1v) is 11.1. The molecule has 1 atom stereocenters. The minimum absolute atomic E-state index is 0.0744. The smallest absolute Gasteiger partial charge is 0.238 e. The van der Waals surface area contributed by atoms with Gasteiger partial charge in [-0.1, -0.05) is 19.1 Å². The number of hydrogen-bond acceptors (Lipinski definition) is 4. The maximum absolute atomic E-state index is 13.0. The number of benzene rings is 1. The van der Waals surface area contributed by atoms with Gasteiger partial charge in [-0.25, -0.2) is 13.4 Å². The Morgan fingerprint density at radius 2 is 2.04 bits per heavy atom. The summed E-state index contributed by atoms with van der Waals surface area (Å²) in [6.07, 6.45) is 6.91. The zero-order valence-corrected chi connectivity index (χ0v) is 17.0. The number of carbonyl (C=O) groups is 1. The first-order valence-electron chi connectivity index (χ1n) is 9.46. The van der Waals surface area contributed by atoms with E-state index in [1.165, 1.54) is 6.20 Å². The highest BCUT2D eigenvalue weighted by Crippen LogP contribution is 2.23. The van der Waals surface area contributed by atoms with Crippen molar-refractivity contribution in [2.24, 2.45) is 0 Å². The van der Waals surface area contributed by atoms with Crippen LogP contribution in [-0.2, 0) is 14.6 Å². The fraction of sp³-hybridized carbons (Fsp3) is 0.500. The molecule has 1 unspecified atom stereocenters. The van der Waals surface area contributed by atoms with Crippen LogP contribution in [0.3, 0.4) is 0 Å². The van der Waals surface area contributed by atoms with Crippen molar-refractivity contribution in [2.45, 2.75) is 57.7 Å². The molecule has 7 heteroatoms. The van der Waals surface area contributed by atoms with Gasteiger partial charge >= 0.3 is 0 Å². The third-order valence-electron chi connectivity index (χ3n) is 5.24. The molecule has 2 aromatic rings. The first kappa shape index (κ1) is 19.6. The molecule has 1 aliphatic heterocycles. The van der Waals surface area contributed by atoms with E-state index in [1.54, 1.807) is 15.7 Å². The summed E-state index contributed by atoms with van der Waals surface area (Å²) in [6, 6.07) is 6.00. The van der Waals surface area contributed by atoms with Crippen LogP contribution in [-0.4, -0.2) is 47.1 Å². The van der Waals surface area contributed by atoms with E-state index in [2.05, 4.69) is 4.98 Å². The molecule has 27 heavy (non-hydrogen) atoms. The van der Waals surface area contributed by atoms with Crippen molar-refractivity contribution in [2.75, 3.05) is 12.3 Å². The van der Waals surface area contributed by atoms with Crippen molar-refractivity contribution >= 4 is 15.7 Å². The molecule has 1 saturated heterocycles. The van der Waals surface area contributed by atoms with Crippen molar-refractivity contribution in [1.29, 1.82) is 0 Å². The molecular formula is C20H27N3O3S. The predicted molar refractivity (Wildman–Crippen MR) is 105 cm³/mol. The van der Waals surface area contributed by atoms with Gasteiger partial charge in [0.1, 0.15) is 5.75 Å². The van der Waals surface area contributed by atoms with Crippen molar-refractivity contribution < 1.29 is 13.2 Å². The van der Waals surface area contributed by atoms with Gasteiger partial charge < -0.3 is 4.90 Å². The molecule has 1 fully saturated rings. The molecule has 2 heterocycles. The van der Waals surface area contributed by atoms with E-state index in [4.69, 9.17) is 0 Å². The van der Waals surface area contributed by atoms with E-state index in [1.807, 2.05) is 39.0 Å². The van der Waals surface area contributed by atoms with Crippen molar-refractivity contribution in [3.8, 4) is 5.69 Å². The Bertz CT molecular complexity index is 934. The number of aryl methyl sites for hydroxylation is 2. The lowest BCUT2D eigenvalue weighted by molar-refractivity contribution is -0.132. The number of carbonyl (C=O) groups excluding carboxylic acids is 1. The van der Waals surface area contributed by atoms with Gasteiger partial charge in [0.05, 0.1) is 5.69 Å². The Hall–Kier alpha value is -2.15. The normalized spacial score (nSPS) is 17.9. The number of imidazole rings is 1. The molecule has 1 aromatic carbocycles. The number of hydrogen-bond donors (Lipinski definition) is 0. The van der Waals surface area contributed by atoms with E-state index < -0.39 is 15.6 Å². The molecule has 1 amide bonds. The second-order valence-electron chi connectivity index (χ2n) is 7.27. The molecule has 0 N–H and O–H groups in total. The summed E-state index contributed by atoms with van der Waals surface area (Å²) in [6.45, 7) is 6.56. The summed E-state index contributed by atoms with van der Waals surface area (Å²) in [4.78, 5) is 18.6. The van der Waals surface area contributed by atoms with E-state index in [0.717, 1.165) is 42.5 Å². The highest BCUT2D eigenvalue weighted by molar-refractivity contribution is 7.92. The van der Waals surface area contributed by atoms with Gasteiger partial charge in [-0.3, -0.25) is 9.36 Å². The van der Waals surface area contributed by atoms with E-state index in [9.17, 15) is 13.2 Å². The topological polar surface area (TPSA) is 72.3 Å². The maximum atomic E-state index is 13.0. The average molecular weight is 390 g/mol. The van der Waals surface area contributed by atoms with Crippen LogP contribution in [0.4, 0.5) is 0 Å². The number of aromatic nitrogens is 2. The SMILES string of the molecule is CCC1CCCCN1C(=O)CS(=O)(=O)c1nccn1-c1cc(C)ccc1C. The highest BCUT2D eigenvalue weighted by Gasteiger charge is 2.31. The van der Waals surface area contributed by atoms with Crippen LogP contribution in [0.1, 0.15) is 43.7 Å². The van der Waals surface area contributed by atoms with Gasteiger partial charge in [0, 0.05) is 25.0 Å². The van der Waals surface area contributed by atoms with Crippen LogP contribution in [0.2, 0.25) is 0 Å². The summed E-state index contributed by atoms with van der Waals surface area (Å²) >= 11 is 0. The van der Waals surface area contributed by atoms with Crippen LogP contribution in [0, 0.1) is 13.8 Å². The lowest BCUT2D eigenvalue weighted by Crippen LogP contribution is -2.46. The largest absolute Gasteiger partial charge is 0.339 e. The lowest BCUT2D eigenvalue weighted by Gasteiger charge is -2.35. The molecular weight excluding hydrogens is 362 g/mol. The fourth-order valence-electron chi connectivity index (χ4n) is 3.75. The molecule has 0 spiro atoms. The Morgan fingerprint density at radius 3 is 2.78 bits per heavy atom. The van der Waals surface area contributed by atoms with Crippen molar-refractivity contribution in [3.63, 3.8) is 0 Å². The minimum Gasteiger partial charge on any atom is -0.339 e. The zero-order chi connectivity index (χ0) is 19.6. The van der Waals surface area contributed by atoms with E-state index in [0.29, 0.717) is 6.54 Å². The van der Waals surface area contributed by atoms with Crippen LogP contribution in [0.5, 0.6) is 0 Å². The standard InChI is InChI=1S/C20H27N3O3S/c1-4-17-7-5-6-11-22(17)19(24)14-27(25,26)20-21-10-12-23(20)18-13-15(2)8-9-16(18)3/h8-10,12-13,17H,4-7,11,14H2,1-3H3. The molecule has 0 saturated carbocycles. The van der Waals surface area contributed by atoms with Gasteiger partial charge in [-0.2, -0.15) is 0 Å². The number of nitrogens with zero attached hydrogens (tertiary/aromatic N) is 3. The molecule has 0 radical (unpaired) electrons.